The van der Waals surface area contributed by atoms with E-state index in [4.69, 9.17) is 13.3 Å². The lowest BCUT2D eigenvalue weighted by molar-refractivity contribution is 0.0732. The van der Waals surface area contributed by atoms with Gasteiger partial charge in [0.15, 0.2) is 0 Å². The van der Waals surface area contributed by atoms with Crippen molar-refractivity contribution < 1.29 is 17.7 Å². The van der Waals surface area contributed by atoms with Gasteiger partial charge in [-0.1, -0.05) is 57.2 Å². The predicted molar refractivity (Wildman–Crippen MR) is 106 cm³/mol. The SMILES string of the molecule is CCCO[Si](OCCC)(OCCC)c1ccc(-c2cccc(F)c2)cc1. The van der Waals surface area contributed by atoms with E-state index in [1.165, 1.54) is 12.1 Å². The van der Waals surface area contributed by atoms with Crippen LogP contribution in [0.15, 0.2) is 48.5 Å². The molecule has 2 rings (SSSR count). The van der Waals surface area contributed by atoms with Crippen molar-refractivity contribution in [2.24, 2.45) is 0 Å². The molecule has 142 valence electrons. The maximum absolute atomic E-state index is 13.5. The lowest BCUT2D eigenvalue weighted by Gasteiger charge is -2.30. The van der Waals surface area contributed by atoms with Gasteiger partial charge >= 0.3 is 8.80 Å². The topological polar surface area (TPSA) is 27.7 Å². The van der Waals surface area contributed by atoms with Crippen LogP contribution in [0.2, 0.25) is 0 Å². The molecule has 2 aromatic carbocycles. The van der Waals surface area contributed by atoms with E-state index in [-0.39, 0.29) is 5.82 Å². The summed E-state index contributed by atoms with van der Waals surface area (Å²) < 4.78 is 32.0. The van der Waals surface area contributed by atoms with Crippen molar-refractivity contribution in [1.82, 2.24) is 0 Å². The van der Waals surface area contributed by atoms with Crippen molar-refractivity contribution in [2.45, 2.75) is 40.0 Å². The molecule has 0 unspecified atom stereocenters. The smallest absolute Gasteiger partial charge is 0.370 e. The largest absolute Gasteiger partial charge is 0.537 e. The van der Waals surface area contributed by atoms with Crippen LogP contribution in [0.4, 0.5) is 4.39 Å². The first-order valence-electron chi connectivity index (χ1n) is 9.43. The van der Waals surface area contributed by atoms with Gasteiger partial charge in [0.2, 0.25) is 0 Å². The normalized spacial score (nSPS) is 11.7. The van der Waals surface area contributed by atoms with Gasteiger partial charge in [-0.2, -0.15) is 0 Å². The van der Waals surface area contributed by atoms with Crippen LogP contribution in [0.25, 0.3) is 11.1 Å². The second kappa shape index (κ2) is 10.6. The molecule has 0 bridgehead atoms. The molecule has 0 spiro atoms. The van der Waals surface area contributed by atoms with Crippen LogP contribution in [0.3, 0.4) is 0 Å². The zero-order valence-corrected chi connectivity index (χ0v) is 17.0. The highest BCUT2D eigenvalue weighted by Crippen LogP contribution is 2.21. The fraction of sp³-hybridized carbons (Fsp3) is 0.429. The molecule has 0 aliphatic heterocycles. The van der Waals surface area contributed by atoms with Gasteiger partial charge in [0.05, 0.1) is 0 Å². The van der Waals surface area contributed by atoms with Gasteiger partial charge in [-0.3, -0.25) is 0 Å². The third-order valence-electron chi connectivity index (χ3n) is 3.89. The molecule has 0 heterocycles. The van der Waals surface area contributed by atoms with Gasteiger partial charge in [0, 0.05) is 25.0 Å². The number of hydrogen-bond donors (Lipinski definition) is 0. The van der Waals surface area contributed by atoms with E-state index < -0.39 is 8.80 Å². The molecule has 0 atom stereocenters. The van der Waals surface area contributed by atoms with Crippen molar-refractivity contribution in [1.29, 1.82) is 0 Å². The van der Waals surface area contributed by atoms with Crippen LogP contribution >= 0.6 is 0 Å². The predicted octanol–water partition coefficient (Wildman–Crippen LogP) is 4.92. The zero-order valence-electron chi connectivity index (χ0n) is 16.0. The molecule has 0 aliphatic rings. The summed E-state index contributed by atoms with van der Waals surface area (Å²) in [6.07, 6.45) is 2.71. The minimum Gasteiger partial charge on any atom is -0.370 e. The summed E-state index contributed by atoms with van der Waals surface area (Å²) in [6, 6.07) is 14.5. The number of rotatable bonds is 11. The molecule has 0 amide bonds. The monoisotopic (exact) mass is 376 g/mol. The molecular weight excluding hydrogens is 347 g/mol. The number of halogens is 1. The molecule has 26 heavy (non-hydrogen) atoms. The molecule has 0 aliphatic carbocycles. The van der Waals surface area contributed by atoms with Crippen LogP contribution in [0.5, 0.6) is 0 Å². The molecule has 0 saturated heterocycles. The Balaban J connectivity index is 2.32. The highest BCUT2D eigenvalue weighted by molar-refractivity contribution is 6.75. The summed E-state index contributed by atoms with van der Waals surface area (Å²) in [5, 5.41) is 0.952. The molecule has 5 heteroatoms. The summed E-state index contributed by atoms with van der Waals surface area (Å²) in [7, 11) is -2.94. The first-order chi connectivity index (χ1) is 12.6. The van der Waals surface area contributed by atoms with Crippen molar-refractivity contribution in [3.63, 3.8) is 0 Å². The van der Waals surface area contributed by atoms with E-state index in [0.717, 1.165) is 35.6 Å². The van der Waals surface area contributed by atoms with Crippen molar-refractivity contribution in [3.8, 4) is 11.1 Å². The molecule has 0 saturated carbocycles. The molecule has 0 fully saturated rings. The molecular formula is C21H29FO3Si. The van der Waals surface area contributed by atoms with E-state index in [9.17, 15) is 4.39 Å². The maximum Gasteiger partial charge on any atom is 0.537 e. The highest BCUT2D eigenvalue weighted by atomic mass is 28.4. The van der Waals surface area contributed by atoms with Gasteiger partial charge in [0.25, 0.3) is 0 Å². The maximum atomic E-state index is 13.5. The van der Waals surface area contributed by atoms with E-state index in [1.54, 1.807) is 6.07 Å². The van der Waals surface area contributed by atoms with Crippen LogP contribution in [0, 0.1) is 5.82 Å². The van der Waals surface area contributed by atoms with E-state index in [0.29, 0.717) is 19.8 Å². The Morgan fingerprint density at radius 2 is 1.27 bits per heavy atom. The van der Waals surface area contributed by atoms with Gasteiger partial charge in [-0.15, -0.1) is 0 Å². The Morgan fingerprint density at radius 1 is 0.731 bits per heavy atom. The Kier molecular flexibility index (Phi) is 8.45. The average Bonchev–Trinajstić information content (AvgIpc) is 2.68. The van der Waals surface area contributed by atoms with Crippen LogP contribution < -0.4 is 5.19 Å². The third-order valence-corrected chi connectivity index (χ3v) is 6.68. The second-order valence-electron chi connectivity index (χ2n) is 6.19. The minimum atomic E-state index is -2.94. The van der Waals surface area contributed by atoms with Crippen molar-refractivity contribution in [2.75, 3.05) is 19.8 Å². The van der Waals surface area contributed by atoms with Crippen molar-refractivity contribution >= 4 is 14.0 Å². The Labute approximate surface area is 157 Å². The van der Waals surface area contributed by atoms with Crippen molar-refractivity contribution in [3.05, 3.63) is 54.3 Å². The zero-order chi connectivity index (χ0) is 18.8. The minimum absolute atomic E-state index is 0.237. The van der Waals surface area contributed by atoms with Gasteiger partial charge in [0.1, 0.15) is 5.82 Å². The average molecular weight is 377 g/mol. The Hall–Kier alpha value is -1.53. The number of hydrogen-bond acceptors (Lipinski definition) is 3. The fourth-order valence-corrected chi connectivity index (χ4v) is 5.36. The number of benzene rings is 2. The fourth-order valence-electron chi connectivity index (χ4n) is 2.62. The lowest BCUT2D eigenvalue weighted by atomic mass is 10.1. The molecule has 3 nitrogen and oxygen atoms in total. The van der Waals surface area contributed by atoms with Crippen LogP contribution in [-0.4, -0.2) is 28.6 Å². The van der Waals surface area contributed by atoms with E-state index in [2.05, 4.69) is 20.8 Å². The van der Waals surface area contributed by atoms with Gasteiger partial charge < -0.3 is 13.3 Å². The highest BCUT2D eigenvalue weighted by Gasteiger charge is 2.43. The lowest BCUT2D eigenvalue weighted by Crippen LogP contribution is -2.57. The van der Waals surface area contributed by atoms with E-state index >= 15 is 0 Å². The summed E-state index contributed by atoms with van der Waals surface area (Å²) in [4.78, 5) is 0. The van der Waals surface area contributed by atoms with Gasteiger partial charge in [-0.25, -0.2) is 4.39 Å². The molecule has 2 aromatic rings. The summed E-state index contributed by atoms with van der Waals surface area (Å²) in [6.45, 7) is 8.03. The second-order valence-corrected chi connectivity index (χ2v) is 8.75. The van der Waals surface area contributed by atoms with Gasteiger partial charge in [-0.05, 0) is 42.5 Å². The standard InChI is InChI=1S/C21H29FO3Si/c1-4-14-23-26(24-15-5-2,25-16-6-3)21-12-10-18(11-13-21)19-8-7-9-20(22)17-19/h7-13,17H,4-6,14-16H2,1-3H3. The quantitative estimate of drug-likeness (QED) is 0.521. The summed E-state index contributed by atoms with van der Waals surface area (Å²) in [5.41, 5.74) is 1.81. The van der Waals surface area contributed by atoms with E-state index in [1.807, 2.05) is 30.3 Å². The van der Waals surface area contributed by atoms with Crippen LogP contribution in [-0.2, 0) is 13.3 Å². The first-order valence-corrected chi connectivity index (χ1v) is 11.2. The Morgan fingerprint density at radius 3 is 1.73 bits per heavy atom. The first kappa shape index (κ1) is 20.8. The molecule has 0 radical (unpaired) electrons. The molecule has 0 N–H and O–H groups in total. The Bertz CT molecular complexity index is 639. The summed E-state index contributed by atoms with van der Waals surface area (Å²) >= 11 is 0. The van der Waals surface area contributed by atoms with Crippen LogP contribution in [0.1, 0.15) is 40.0 Å². The molecule has 0 aromatic heterocycles. The summed E-state index contributed by atoms with van der Waals surface area (Å²) in [5.74, 6) is -0.237. The third kappa shape index (κ3) is 5.48.